The average molecular weight is 1310 g/mol. The van der Waals surface area contributed by atoms with Crippen molar-refractivity contribution in [2.75, 3.05) is 0 Å². The van der Waals surface area contributed by atoms with Crippen molar-refractivity contribution in [1.82, 2.24) is 44.9 Å². The van der Waals surface area contributed by atoms with Crippen LogP contribution in [0.5, 0.6) is 0 Å². The lowest BCUT2D eigenvalue weighted by Gasteiger charge is -2.38. The third-order valence-corrected chi connectivity index (χ3v) is 18.9. The van der Waals surface area contributed by atoms with Crippen LogP contribution in [0.1, 0.15) is 33.4 Å². The molecule has 0 saturated carbocycles. The highest BCUT2D eigenvalue weighted by Crippen LogP contribution is 2.64. The van der Waals surface area contributed by atoms with Crippen LogP contribution in [0.3, 0.4) is 0 Å². The molecule has 2 aliphatic rings. The Kier molecular flexibility index (Phi) is 14.7. The Labute approximate surface area is 570 Å². The SMILES string of the molecule is FC(F)(F)C(c1ccc(-c2nc(-c3ccccc3)nc(-c3ccccc3)n2)cc1)(c1ccc(-c2nc(-c3ccccc3)nc(-c3cccc(-c4ccc5c(c4)-c4cc(-c6nc(-c7ccccc7)nc(-c7ccccc7)n6)ccc4C54c5ccccc5-c5ccccc54)c3)n2)cc1)C(F)(F)F. The van der Waals surface area contributed by atoms with Crippen LogP contribution >= 0.6 is 0 Å². The van der Waals surface area contributed by atoms with E-state index in [1.54, 1.807) is 48.5 Å². The van der Waals surface area contributed by atoms with Gasteiger partial charge in [-0.1, -0.05) is 291 Å². The fourth-order valence-electron chi connectivity index (χ4n) is 14.3. The Morgan fingerprint density at radius 1 is 0.190 bits per heavy atom. The van der Waals surface area contributed by atoms with Crippen molar-refractivity contribution in [2.45, 2.75) is 23.2 Å². The van der Waals surface area contributed by atoms with Gasteiger partial charge in [0.25, 0.3) is 0 Å². The van der Waals surface area contributed by atoms with Crippen LogP contribution in [0.4, 0.5) is 26.3 Å². The highest BCUT2D eigenvalue weighted by atomic mass is 19.4. The second kappa shape index (κ2) is 24.1. The first-order valence-corrected chi connectivity index (χ1v) is 32.3. The average Bonchev–Trinajstić information content (AvgIpc) is 1.39. The summed E-state index contributed by atoms with van der Waals surface area (Å²) >= 11 is 0. The van der Waals surface area contributed by atoms with Gasteiger partial charge in [-0.2, -0.15) is 26.3 Å². The number of alkyl halides is 6. The molecule has 15 aromatic rings. The third kappa shape index (κ3) is 10.2. The van der Waals surface area contributed by atoms with Crippen LogP contribution in [-0.2, 0) is 10.8 Å². The molecule has 0 radical (unpaired) electrons. The van der Waals surface area contributed by atoms with Crippen molar-refractivity contribution in [3.8, 4) is 136 Å². The molecule has 15 heteroatoms. The van der Waals surface area contributed by atoms with E-state index in [2.05, 4.69) is 99.9 Å². The van der Waals surface area contributed by atoms with E-state index in [9.17, 15) is 0 Å². The molecule has 0 aliphatic heterocycles. The summed E-state index contributed by atoms with van der Waals surface area (Å²) in [5, 5.41) is 0. The molecule has 478 valence electrons. The van der Waals surface area contributed by atoms with Crippen LogP contribution < -0.4 is 0 Å². The molecule has 0 amide bonds. The van der Waals surface area contributed by atoms with Crippen molar-refractivity contribution in [2.24, 2.45) is 0 Å². The van der Waals surface area contributed by atoms with E-state index >= 15 is 26.3 Å². The molecule has 0 atom stereocenters. The van der Waals surface area contributed by atoms with Crippen LogP contribution in [0.2, 0.25) is 0 Å². The number of fused-ring (bicyclic) bond motifs is 10. The van der Waals surface area contributed by atoms with Crippen LogP contribution in [0.15, 0.2) is 309 Å². The van der Waals surface area contributed by atoms with E-state index in [1.807, 2.05) is 127 Å². The number of nitrogens with zero attached hydrogens (tertiary/aromatic N) is 9. The Bertz CT molecular complexity index is 5450. The van der Waals surface area contributed by atoms with E-state index in [4.69, 9.17) is 29.9 Å². The minimum atomic E-state index is -5.89. The molecular formula is C85H51F6N9. The molecule has 9 nitrogen and oxygen atoms in total. The van der Waals surface area contributed by atoms with E-state index in [1.165, 1.54) is 35.4 Å². The van der Waals surface area contributed by atoms with Gasteiger partial charge in [0.2, 0.25) is 5.41 Å². The van der Waals surface area contributed by atoms with Gasteiger partial charge in [0.1, 0.15) is 0 Å². The lowest BCUT2D eigenvalue weighted by atomic mass is 9.70. The molecule has 1 spiro atoms. The Hall–Kier alpha value is -12.8. The highest BCUT2D eigenvalue weighted by Gasteiger charge is 2.72. The normalized spacial score (nSPS) is 12.8. The minimum absolute atomic E-state index is 0.0224. The molecule has 0 N–H and O–H groups in total. The monoisotopic (exact) mass is 1310 g/mol. The number of rotatable bonds is 12. The fraction of sp³-hybridized carbons (Fsp3) is 0.0471. The Morgan fingerprint density at radius 3 is 0.760 bits per heavy atom. The molecule has 12 aromatic carbocycles. The van der Waals surface area contributed by atoms with E-state index < -0.39 is 34.3 Å². The maximum atomic E-state index is 15.9. The predicted molar refractivity (Wildman–Crippen MR) is 377 cm³/mol. The van der Waals surface area contributed by atoms with Crippen molar-refractivity contribution in [1.29, 1.82) is 0 Å². The Balaban J connectivity index is 0.758. The second-order valence-electron chi connectivity index (χ2n) is 24.6. The highest BCUT2D eigenvalue weighted by molar-refractivity contribution is 5.97. The van der Waals surface area contributed by atoms with Gasteiger partial charge in [0.05, 0.1) is 5.41 Å². The first kappa shape index (κ1) is 60.9. The predicted octanol–water partition coefficient (Wildman–Crippen LogP) is 20.7. The third-order valence-electron chi connectivity index (χ3n) is 18.9. The number of halogens is 6. The van der Waals surface area contributed by atoms with Gasteiger partial charge in [-0.15, -0.1) is 0 Å². The molecule has 0 saturated heterocycles. The first-order valence-electron chi connectivity index (χ1n) is 32.3. The molecule has 3 heterocycles. The van der Waals surface area contributed by atoms with Crippen LogP contribution in [0, 0.1) is 0 Å². The zero-order valence-corrected chi connectivity index (χ0v) is 52.7. The number of aromatic nitrogens is 9. The zero-order valence-electron chi connectivity index (χ0n) is 52.7. The quantitative estimate of drug-likeness (QED) is 0.110. The number of benzene rings is 12. The summed E-state index contributed by atoms with van der Waals surface area (Å²) in [6.45, 7) is 0. The molecule has 2 aliphatic carbocycles. The van der Waals surface area contributed by atoms with Crippen LogP contribution in [-0.4, -0.2) is 57.2 Å². The van der Waals surface area contributed by atoms with Gasteiger partial charge >= 0.3 is 12.4 Å². The molecule has 3 aromatic heterocycles. The van der Waals surface area contributed by atoms with Gasteiger partial charge in [-0.3, -0.25) is 0 Å². The van der Waals surface area contributed by atoms with Gasteiger partial charge in [-0.05, 0) is 85.0 Å². The maximum absolute atomic E-state index is 15.9. The second-order valence-corrected chi connectivity index (χ2v) is 24.6. The molecule has 0 fully saturated rings. The summed E-state index contributed by atoms with van der Waals surface area (Å²) in [6.07, 6.45) is -11.8. The zero-order chi connectivity index (χ0) is 67.7. The standard InChI is InChI=1S/C85H51F6N9/c86-84(87,88)83(85(89,90)91,63-43-37-57(38-44-63)78-94-73(52-21-6-1-7-22-52)92-74(95-78)53-23-8-2-9-24-53)64-45-39-58(40-46-64)79-96-77(56-29-14-5-15-30-56)97-80(100-79)61-32-20-31-59(49-61)60-41-47-71-67(50-60)68-51-62(42-48-72(68)82(71)69-35-18-16-33-65(69)66-34-17-19-36-70(66)82)81-98-75(54-25-10-3-11-26-54)93-76(99-81)55-27-12-4-13-28-55/h1-51H. The number of hydrogen-bond donors (Lipinski definition) is 0. The molecular weight excluding hydrogens is 1260 g/mol. The minimum Gasteiger partial charge on any atom is -0.208 e. The van der Waals surface area contributed by atoms with Gasteiger partial charge in [0, 0.05) is 50.1 Å². The van der Waals surface area contributed by atoms with E-state index in [-0.39, 0.29) is 46.1 Å². The Morgan fingerprint density at radius 2 is 0.420 bits per heavy atom. The van der Waals surface area contributed by atoms with Gasteiger partial charge in [0.15, 0.2) is 52.4 Å². The molecule has 0 bridgehead atoms. The van der Waals surface area contributed by atoms with Crippen molar-refractivity contribution in [3.63, 3.8) is 0 Å². The first-order chi connectivity index (χ1) is 48.8. The van der Waals surface area contributed by atoms with Crippen LogP contribution in [0.25, 0.3) is 136 Å². The van der Waals surface area contributed by atoms with Gasteiger partial charge < -0.3 is 0 Å². The smallest absolute Gasteiger partial charge is 0.208 e. The van der Waals surface area contributed by atoms with E-state index in [0.29, 0.717) is 39.7 Å². The molecule has 0 unspecified atom stereocenters. The molecule has 17 rings (SSSR count). The lowest BCUT2D eigenvalue weighted by Crippen LogP contribution is -2.54. The van der Waals surface area contributed by atoms with E-state index in [0.717, 1.165) is 85.5 Å². The van der Waals surface area contributed by atoms with Crippen molar-refractivity contribution in [3.05, 3.63) is 343 Å². The summed E-state index contributed by atoms with van der Waals surface area (Å²) in [4.78, 5) is 43.9. The summed E-state index contributed by atoms with van der Waals surface area (Å²) < 4.78 is 95.6. The maximum Gasteiger partial charge on any atom is 0.411 e. The summed E-state index contributed by atoms with van der Waals surface area (Å²) in [5.74, 6) is 2.68. The van der Waals surface area contributed by atoms with Crippen molar-refractivity contribution < 1.29 is 26.3 Å². The van der Waals surface area contributed by atoms with Gasteiger partial charge in [-0.25, -0.2) is 44.9 Å². The largest absolute Gasteiger partial charge is 0.411 e. The summed E-state index contributed by atoms with van der Waals surface area (Å²) in [5.41, 5.74) is 8.60. The van der Waals surface area contributed by atoms with Crippen molar-refractivity contribution >= 4 is 0 Å². The number of hydrogen-bond acceptors (Lipinski definition) is 9. The molecule has 100 heavy (non-hydrogen) atoms. The lowest BCUT2D eigenvalue weighted by molar-refractivity contribution is -0.288. The summed E-state index contributed by atoms with van der Waals surface area (Å²) in [7, 11) is 0. The summed E-state index contributed by atoms with van der Waals surface area (Å²) in [6, 6.07) is 93.0. The topological polar surface area (TPSA) is 116 Å². The fourth-order valence-corrected chi connectivity index (χ4v) is 14.3.